The third-order valence-electron chi connectivity index (χ3n) is 0.335. The van der Waals surface area contributed by atoms with Gasteiger partial charge in [-0.25, -0.2) is 0 Å². The van der Waals surface area contributed by atoms with E-state index in [-0.39, 0.29) is 0 Å². The van der Waals surface area contributed by atoms with Gasteiger partial charge in [0.15, 0.2) is 0 Å². The van der Waals surface area contributed by atoms with E-state index in [0.717, 1.165) is 0 Å². The summed E-state index contributed by atoms with van der Waals surface area (Å²) >= 11 is 0. The van der Waals surface area contributed by atoms with Crippen molar-refractivity contribution in [2.24, 2.45) is 5.73 Å². The summed E-state index contributed by atoms with van der Waals surface area (Å²) in [6, 6.07) is 0. The van der Waals surface area contributed by atoms with Crippen molar-refractivity contribution in [3.05, 3.63) is 0 Å². The maximum Gasteiger partial charge on any atom is 0.334 e. The van der Waals surface area contributed by atoms with Crippen molar-refractivity contribution >= 4 is 10.3 Å². The van der Waals surface area contributed by atoms with Crippen LogP contribution in [0.25, 0.3) is 0 Å². The summed E-state index contributed by atoms with van der Waals surface area (Å²) in [5, 5.41) is 0. The minimum Gasteiger partial charge on any atom is -0.315 e. The summed E-state index contributed by atoms with van der Waals surface area (Å²) < 4.78 is 29.3. The SMILES string of the molecule is CC(N)NS(=O)(=O)O. The molecule has 0 aliphatic rings. The first kappa shape index (κ1) is 7.83. The van der Waals surface area contributed by atoms with Gasteiger partial charge in [0.05, 0.1) is 6.17 Å². The Labute approximate surface area is 47.8 Å². The maximum atomic E-state index is 9.81. The molecule has 0 aromatic heterocycles. The molecule has 1 atom stereocenters. The van der Waals surface area contributed by atoms with Gasteiger partial charge in [-0.3, -0.25) is 4.55 Å². The summed E-state index contributed by atoms with van der Waals surface area (Å²) in [7, 11) is -4.10. The van der Waals surface area contributed by atoms with Gasteiger partial charge in [-0.2, -0.15) is 13.1 Å². The van der Waals surface area contributed by atoms with Gasteiger partial charge in [0.1, 0.15) is 0 Å². The molecule has 0 fully saturated rings. The van der Waals surface area contributed by atoms with Crippen molar-refractivity contribution in [2.75, 3.05) is 0 Å². The van der Waals surface area contributed by atoms with Gasteiger partial charge in [-0.05, 0) is 6.92 Å². The Morgan fingerprint density at radius 2 is 2.12 bits per heavy atom. The normalized spacial score (nSPS) is 15.9. The van der Waals surface area contributed by atoms with E-state index < -0.39 is 16.5 Å². The molecule has 1 unspecified atom stereocenters. The zero-order valence-electron chi connectivity index (χ0n) is 4.33. The Hall–Kier alpha value is -0.170. The minimum absolute atomic E-state index is 0.745. The molecule has 0 amide bonds. The maximum absolute atomic E-state index is 9.81. The zero-order valence-corrected chi connectivity index (χ0v) is 5.14. The number of nitrogens with one attached hydrogen (secondary N) is 1. The van der Waals surface area contributed by atoms with Crippen LogP contribution in [-0.4, -0.2) is 19.1 Å². The highest BCUT2D eigenvalue weighted by atomic mass is 32.2. The minimum atomic E-state index is -4.10. The number of rotatable bonds is 2. The average Bonchev–Trinajstić information content (AvgIpc) is 1.21. The largest absolute Gasteiger partial charge is 0.334 e. The first-order chi connectivity index (χ1) is 3.42. The number of hydrogen-bond donors (Lipinski definition) is 3. The number of nitrogens with two attached hydrogens (primary N) is 1. The van der Waals surface area contributed by atoms with Crippen LogP contribution in [-0.2, 0) is 10.3 Å². The summed E-state index contributed by atoms with van der Waals surface area (Å²) in [4.78, 5) is 0. The average molecular weight is 140 g/mol. The van der Waals surface area contributed by atoms with Crippen molar-refractivity contribution < 1.29 is 13.0 Å². The first-order valence-corrected chi connectivity index (χ1v) is 3.36. The van der Waals surface area contributed by atoms with Crippen molar-refractivity contribution in [1.82, 2.24) is 4.72 Å². The molecule has 6 heteroatoms. The summed E-state index contributed by atoms with van der Waals surface area (Å²) in [5.74, 6) is 0. The lowest BCUT2D eigenvalue weighted by atomic mass is 10.7. The van der Waals surface area contributed by atoms with Crippen LogP contribution in [0.1, 0.15) is 6.92 Å². The lowest BCUT2D eigenvalue weighted by Gasteiger charge is -2.01. The van der Waals surface area contributed by atoms with Crippen LogP contribution in [0.3, 0.4) is 0 Å². The predicted octanol–water partition coefficient (Wildman–Crippen LogP) is -1.32. The van der Waals surface area contributed by atoms with Crippen LogP contribution in [0.15, 0.2) is 0 Å². The molecule has 0 saturated heterocycles. The molecule has 0 rings (SSSR count). The second-order valence-corrected chi connectivity index (χ2v) is 2.57. The fourth-order valence-electron chi connectivity index (χ4n) is 0.235. The number of hydrogen-bond acceptors (Lipinski definition) is 3. The monoisotopic (exact) mass is 140 g/mol. The van der Waals surface area contributed by atoms with Gasteiger partial charge < -0.3 is 5.73 Å². The zero-order chi connectivity index (χ0) is 6.78. The highest BCUT2D eigenvalue weighted by Gasteiger charge is 2.03. The van der Waals surface area contributed by atoms with E-state index in [1.165, 1.54) is 6.92 Å². The Bertz CT molecular complexity index is 149. The van der Waals surface area contributed by atoms with Gasteiger partial charge in [-0.15, -0.1) is 0 Å². The van der Waals surface area contributed by atoms with Crippen molar-refractivity contribution in [2.45, 2.75) is 13.1 Å². The van der Waals surface area contributed by atoms with E-state index in [0.29, 0.717) is 0 Å². The summed E-state index contributed by atoms with van der Waals surface area (Å²) in [5.41, 5.74) is 4.93. The molecule has 0 aliphatic carbocycles. The Morgan fingerprint density at radius 3 is 2.12 bits per heavy atom. The molecule has 0 bridgehead atoms. The third-order valence-corrected chi connectivity index (χ3v) is 1.00. The third kappa shape index (κ3) is 5.83. The Balaban J connectivity index is 3.75. The first-order valence-electron chi connectivity index (χ1n) is 1.92. The van der Waals surface area contributed by atoms with Crippen LogP contribution in [0.5, 0.6) is 0 Å². The Morgan fingerprint density at radius 1 is 1.75 bits per heavy atom. The highest BCUT2D eigenvalue weighted by Crippen LogP contribution is 1.72. The van der Waals surface area contributed by atoms with Gasteiger partial charge in [-0.1, -0.05) is 0 Å². The van der Waals surface area contributed by atoms with Crippen LogP contribution >= 0.6 is 0 Å². The molecule has 5 nitrogen and oxygen atoms in total. The smallest absolute Gasteiger partial charge is 0.315 e. The quantitative estimate of drug-likeness (QED) is 0.328. The van der Waals surface area contributed by atoms with E-state index in [2.05, 4.69) is 0 Å². The molecule has 4 N–H and O–H groups in total. The van der Waals surface area contributed by atoms with Crippen LogP contribution in [0.2, 0.25) is 0 Å². The Kier molecular flexibility index (Phi) is 2.35. The second kappa shape index (κ2) is 2.40. The lowest BCUT2D eigenvalue weighted by molar-refractivity contribution is 0.457. The molecular weight excluding hydrogens is 132 g/mol. The van der Waals surface area contributed by atoms with E-state index >= 15 is 0 Å². The molecule has 0 spiro atoms. The van der Waals surface area contributed by atoms with Gasteiger partial charge in [0.2, 0.25) is 0 Å². The van der Waals surface area contributed by atoms with Gasteiger partial charge in [0, 0.05) is 0 Å². The second-order valence-electron chi connectivity index (χ2n) is 1.38. The standard InChI is InChI=1S/C2H8N2O3S/c1-2(3)4-8(5,6)7/h2,4H,3H2,1H3,(H,5,6,7). The molecule has 50 valence electrons. The molecule has 0 aromatic carbocycles. The molecule has 8 heavy (non-hydrogen) atoms. The molecule has 0 aromatic rings. The van der Waals surface area contributed by atoms with E-state index in [4.69, 9.17) is 10.3 Å². The topological polar surface area (TPSA) is 92.4 Å². The van der Waals surface area contributed by atoms with E-state index in [1.54, 1.807) is 4.72 Å². The summed E-state index contributed by atoms with van der Waals surface area (Å²) in [6.07, 6.45) is -0.745. The van der Waals surface area contributed by atoms with Crippen molar-refractivity contribution in [1.29, 1.82) is 0 Å². The van der Waals surface area contributed by atoms with Gasteiger partial charge in [0.25, 0.3) is 0 Å². The van der Waals surface area contributed by atoms with Crippen LogP contribution in [0, 0.1) is 0 Å². The predicted molar refractivity (Wildman–Crippen MR) is 28.3 cm³/mol. The molecule has 0 aliphatic heterocycles. The van der Waals surface area contributed by atoms with E-state index in [1.807, 2.05) is 0 Å². The fourth-order valence-corrected chi connectivity index (χ4v) is 0.705. The fraction of sp³-hybridized carbons (Fsp3) is 1.00. The lowest BCUT2D eigenvalue weighted by Crippen LogP contribution is -2.38. The van der Waals surface area contributed by atoms with Crippen molar-refractivity contribution in [3.63, 3.8) is 0 Å². The van der Waals surface area contributed by atoms with Crippen LogP contribution < -0.4 is 10.5 Å². The van der Waals surface area contributed by atoms with Gasteiger partial charge >= 0.3 is 10.3 Å². The van der Waals surface area contributed by atoms with Crippen molar-refractivity contribution in [3.8, 4) is 0 Å². The summed E-state index contributed by atoms with van der Waals surface area (Å²) in [6.45, 7) is 1.40. The highest BCUT2D eigenvalue weighted by molar-refractivity contribution is 7.83. The molecule has 0 saturated carbocycles. The molecule has 0 radical (unpaired) electrons. The molecular formula is C2H8N2O3S. The van der Waals surface area contributed by atoms with Crippen LogP contribution in [0.4, 0.5) is 0 Å². The molecule has 0 heterocycles. The van der Waals surface area contributed by atoms with E-state index in [9.17, 15) is 8.42 Å².